The van der Waals surface area contributed by atoms with E-state index in [-0.39, 0.29) is 5.91 Å². The van der Waals surface area contributed by atoms with Crippen LogP contribution in [0.2, 0.25) is 0 Å². The normalized spacial score (nSPS) is 14.2. The number of fused-ring (bicyclic) bond motifs is 1. The molecule has 0 saturated heterocycles. The van der Waals surface area contributed by atoms with Crippen molar-refractivity contribution in [3.05, 3.63) is 36.7 Å². The number of amides is 1. The third-order valence-corrected chi connectivity index (χ3v) is 6.05. The van der Waals surface area contributed by atoms with Crippen LogP contribution in [0.25, 0.3) is 10.2 Å². The highest BCUT2D eigenvalue weighted by Crippen LogP contribution is 2.37. The molecule has 1 aliphatic rings. The average Bonchev–Trinajstić information content (AvgIpc) is 3.18. The fourth-order valence-corrected chi connectivity index (χ4v) is 4.59. The van der Waals surface area contributed by atoms with Crippen molar-refractivity contribution in [3.8, 4) is 0 Å². The SMILES string of the molecule is CCN(C(=O)CSc1nccn1C1CC1)c1nc2ccccc2s1. The molecule has 0 spiro atoms. The van der Waals surface area contributed by atoms with Gasteiger partial charge in [0.25, 0.3) is 0 Å². The third-order valence-electron chi connectivity index (χ3n) is 4.03. The lowest BCUT2D eigenvalue weighted by Gasteiger charge is -2.17. The van der Waals surface area contributed by atoms with Gasteiger partial charge in [0.05, 0.1) is 16.0 Å². The minimum atomic E-state index is 0.0758. The van der Waals surface area contributed by atoms with Gasteiger partial charge in [-0.3, -0.25) is 9.69 Å². The molecule has 2 aromatic heterocycles. The lowest BCUT2D eigenvalue weighted by Crippen LogP contribution is -2.32. The van der Waals surface area contributed by atoms with Crippen molar-refractivity contribution < 1.29 is 4.79 Å². The monoisotopic (exact) mass is 358 g/mol. The maximum Gasteiger partial charge on any atom is 0.239 e. The highest BCUT2D eigenvalue weighted by Gasteiger charge is 2.26. The highest BCUT2D eigenvalue weighted by molar-refractivity contribution is 7.99. The number of thiazole rings is 1. The molecule has 0 atom stereocenters. The fraction of sp³-hybridized carbons (Fsp3) is 0.353. The molecule has 1 saturated carbocycles. The molecule has 124 valence electrons. The smallest absolute Gasteiger partial charge is 0.239 e. The number of hydrogen-bond donors (Lipinski definition) is 0. The van der Waals surface area contributed by atoms with Gasteiger partial charge in [0, 0.05) is 25.0 Å². The Kier molecular flexibility index (Phi) is 4.28. The molecule has 7 heteroatoms. The van der Waals surface area contributed by atoms with E-state index in [1.165, 1.54) is 24.6 Å². The lowest BCUT2D eigenvalue weighted by atomic mass is 10.3. The number of hydrogen-bond acceptors (Lipinski definition) is 5. The van der Waals surface area contributed by atoms with Crippen LogP contribution in [0, 0.1) is 0 Å². The summed E-state index contributed by atoms with van der Waals surface area (Å²) >= 11 is 3.08. The number of rotatable bonds is 6. The average molecular weight is 358 g/mol. The molecule has 24 heavy (non-hydrogen) atoms. The van der Waals surface area contributed by atoms with Crippen molar-refractivity contribution in [3.63, 3.8) is 0 Å². The number of anilines is 1. The summed E-state index contributed by atoms with van der Waals surface area (Å²) in [4.78, 5) is 23.4. The molecule has 1 aliphatic carbocycles. The summed E-state index contributed by atoms with van der Waals surface area (Å²) in [7, 11) is 0. The van der Waals surface area contributed by atoms with Gasteiger partial charge in [-0.25, -0.2) is 9.97 Å². The van der Waals surface area contributed by atoms with E-state index in [1.807, 2.05) is 43.6 Å². The molecule has 0 radical (unpaired) electrons. The van der Waals surface area contributed by atoms with Crippen LogP contribution in [0.3, 0.4) is 0 Å². The molecule has 1 aromatic carbocycles. The van der Waals surface area contributed by atoms with E-state index < -0.39 is 0 Å². The second-order valence-corrected chi connectivity index (χ2v) is 7.69. The second kappa shape index (κ2) is 6.57. The van der Waals surface area contributed by atoms with Gasteiger partial charge in [0.15, 0.2) is 10.3 Å². The molecule has 4 rings (SSSR count). The molecule has 0 unspecified atom stereocenters. The van der Waals surface area contributed by atoms with E-state index in [9.17, 15) is 4.79 Å². The predicted octanol–water partition coefficient (Wildman–Crippen LogP) is 3.97. The van der Waals surface area contributed by atoms with Crippen molar-refractivity contribution in [2.75, 3.05) is 17.2 Å². The van der Waals surface area contributed by atoms with E-state index >= 15 is 0 Å². The Morgan fingerprint density at radius 1 is 1.42 bits per heavy atom. The van der Waals surface area contributed by atoms with E-state index in [1.54, 1.807) is 16.2 Å². The Balaban J connectivity index is 1.48. The number of carbonyl (C=O) groups is 1. The van der Waals surface area contributed by atoms with Crippen LogP contribution >= 0.6 is 23.1 Å². The van der Waals surface area contributed by atoms with Gasteiger partial charge in [-0.1, -0.05) is 35.2 Å². The van der Waals surface area contributed by atoms with Crippen LogP contribution in [-0.4, -0.2) is 32.7 Å². The zero-order valence-corrected chi connectivity index (χ0v) is 15.0. The van der Waals surface area contributed by atoms with Gasteiger partial charge >= 0.3 is 0 Å². The van der Waals surface area contributed by atoms with E-state index in [0.29, 0.717) is 18.3 Å². The topological polar surface area (TPSA) is 51.0 Å². The van der Waals surface area contributed by atoms with Crippen molar-refractivity contribution in [2.45, 2.75) is 31.0 Å². The number of aromatic nitrogens is 3. The van der Waals surface area contributed by atoms with E-state index in [4.69, 9.17) is 0 Å². The number of thioether (sulfide) groups is 1. The summed E-state index contributed by atoms with van der Waals surface area (Å²) in [5.74, 6) is 0.458. The first-order valence-electron chi connectivity index (χ1n) is 8.08. The Labute approximate surface area is 148 Å². The Morgan fingerprint density at radius 3 is 3.00 bits per heavy atom. The van der Waals surface area contributed by atoms with Crippen LogP contribution < -0.4 is 4.90 Å². The number of nitrogens with zero attached hydrogens (tertiary/aromatic N) is 4. The zero-order chi connectivity index (χ0) is 16.5. The van der Waals surface area contributed by atoms with Gasteiger partial charge in [-0.05, 0) is 31.9 Å². The molecule has 0 N–H and O–H groups in total. The third kappa shape index (κ3) is 3.06. The Morgan fingerprint density at radius 2 is 2.25 bits per heavy atom. The summed E-state index contributed by atoms with van der Waals surface area (Å²) < 4.78 is 3.29. The number of para-hydroxylation sites is 1. The molecule has 1 amide bonds. The molecule has 0 bridgehead atoms. The molecule has 2 heterocycles. The van der Waals surface area contributed by atoms with E-state index in [2.05, 4.69) is 14.5 Å². The van der Waals surface area contributed by atoms with Crippen LogP contribution in [0.1, 0.15) is 25.8 Å². The number of imidazole rings is 1. The van der Waals surface area contributed by atoms with Crippen LogP contribution in [-0.2, 0) is 4.79 Å². The summed E-state index contributed by atoms with van der Waals surface area (Å²) in [5.41, 5.74) is 0.945. The van der Waals surface area contributed by atoms with Crippen molar-refractivity contribution in [1.82, 2.24) is 14.5 Å². The number of carbonyl (C=O) groups excluding carboxylic acids is 1. The summed E-state index contributed by atoms with van der Waals surface area (Å²) in [6.07, 6.45) is 6.25. The largest absolute Gasteiger partial charge is 0.323 e. The molecular formula is C17H18N4OS2. The van der Waals surface area contributed by atoms with Crippen molar-refractivity contribution in [1.29, 1.82) is 0 Å². The van der Waals surface area contributed by atoms with E-state index in [0.717, 1.165) is 20.5 Å². The standard InChI is InChI=1S/C17H18N4OS2/c1-2-20(17-19-13-5-3-4-6-14(13)24-17)15(22)11-23-16-18-9-10-21(16)12-7-8-12/h3-6,9-10,12H,2,7-8,11H2,1H3. The van der Waals surface area contributed by atoms with Crippen LogP contribution in [0.5, 0.6) is 0 Å². The first-order valence-corrected chi connectivity index (χ1v) is 9.88. The maximum absolute atomic E-state index is 12.7. The molecular weight excluding hydrogens is 340 g/mol. The molecule has 0 aliphatic heterocycles. The minimum Gasteiger partial charge on any atom is -0.323 e. The van der Waals surface area contributed by atoms with Crippen LogP contribution in [0.4, 0.5) is 5.13 Å². The predicted molar refractivity (Wildman–Crippen MR) is 98.9 cm³/mol. The summed E-state index contributed by atoms with van der Waals surface area (Å²) in [6.45, 7) is 2.61. The lowest BCUT2D eigenvalue weighted by molar-refractivity contribution is -0.116. The fourth-order valence-electron chi connectivity index (χ4n) is 2.64. The summed E-state index contributed by atoms with van der Waals surface area (Å²) in [6, 6.07) is 8.56. The first-order chi connectivity index (χ1) is 11.8. The van der Waals surface area contributed by atoms with Crippen molar-refractivity contribution >= 4 is 44.4 Å². The minimum absolute atomic E-state index is 0.0758. The van der Waals surface area contributed by atoms with Gasteiger partial charge < -0.3 is 4.57 Å². The molecule has 3 aromatic rings. The van der Waals surface area contributed by atoms with Gasteiger partial charge in [-0.2, -0.15) is 0 Å². The Bertz CT molecular complexity index is 835. The quantitative estimate of drug-likeness (QED) is 0.626. The number of benzene rings is 1. The second-order valence-electron chi connectivity index (χ2n) is 5.74. The van der Waals surface area contributed by atoms with Gasteiger partial charge in [-0.15, -0.1) is 0 Å². The highest BCUT2D eigenvalue weighted by atomic mass is 32.2. The van der Waals surface area contributed by atoms with Gasteiger partial charge in [0.1, 0.15) is 0 Å². The Hall–Kier alpha value is -1.86. The maximum atomic E-state index is 12.7. The molecule has 1 fully saturated rings. The molecule has 5 nitrogen and oxygen atoms in total. The van der Waals surface area contributed by atoms with Crippen LogP contribution in [0.15, 0.2) is 41.8 Å². The zero-order valence-electron chi connectivity index (χ0n) is 13.4. The summed E-state index contributed by atoms with van der Waals surface area (Å²) in [5, 5.41) is 1.71. The first kappa shape index (κ1) is 15.7. The van der Waals surface area contributed by atoms with Gasteiger partial charge in [0.2, 0.25) is 5.91 Å². The van der Waals surface area contributed by atoms with Crippen molar-refractivity contribution in [2.24, 2.45) is 0 Å².